The van der Waals surface area contributed by atoms with Crippen LogP contribution in [-0.2, 0) is 9.63 Å². The van der Waals surface area contributed by atoms with Crippen molar-refractivity contribution in [2.24, 2.45) is 5.84 Å². The van der Waals surface area contributed by atoms with E-state index >= 15 is 0 Å². The topological polar surface area (TPSA) is 67.6 Å². The minimum absolute atomic E-state index is 0.297. The van der Waals surface area contributed by atoms with Gasteiger partial charge in [-0.25, -0.2) is 5.84 Å². The van der Waals surface area contributed by atoms with E-state index in [4.69, 9.17) is 5.84 Å². The lowest BCUT2D eigenvalue weighted by atomic mass is 10.3. The van der Waals surface area contributed by atoms with Gasteiger partial charge in [0.05, 0.1) is 6.42 Å². The molecule has 0 aliphatic heterocycles. The molecule has 0 saturated heterocycles. The Kier molecular flexibility index (Phi) is 4.86. The molecule has 0 radical (unpaired) electrons. The van der Waals surface area contributed by atoms with Crippen molar-refractivity contribution in [3.63, 3.8) is 0 Å². The van der Waals surface area contributed by atoms with Crippen molar-refractivity contribution < 1.29 is 9.63 Å². The number of hydrogen-bond acceptors (Lipinski definition) is 5. The molecule has 1 fully saturated rings. The summed E-state index contributed by atoms with van der Waals surface area (Å²) in [5, 5.41) is 0. The van der Waals surface area contributed by atoms with Crippen LogP contribution in [-0.4, -0.2) is 30.0 Å². The van der Waals surface area contributed by atoms with Gasteiger partial charge in [-0.15, -0.1) is 0 Å². The molecule has 0 atom stereocenters. The zero-order chi connectivity index (χ0) is 10.4. The second kappa shape index (κ2) is 5.95. The van der Waals surface area contributed by atoms with Gasteiger partial charge in [-0.05, 0) is 25.8 Å². The first-order valence-electron chi connectivity index (χ1n) is 5.17. The molecule has 0 aromatic rings. The van der Waals surface area contributed by atoms with Gasteiger partial charge in [-0.1, -0.05) is 12.5 Å². The number of nitrogens with two attached hydrogens (primary N) is 1. The first-order chi connectivity index (χ1) is 6.77. The number of carbonyl (C=O) groups is 1. The second-order valence-corrected chi connectivity index (χ2v) is 3.61. The molecule has 0 heterocycles. The van der Waals surface area contributed by atoms with Gasteiger partial charge < -0.3 is 4.84 Å². The van der Waals surface area contributed by atoms with Crippen LogP contribution in [0.4, 0.5) is 0 Å². The predicted octanol–water partition coefficient (Wildman–Crippen LogP) is 0.172. The fourth-order valence-electron chi connectivity index (χ4n) is 1.56. The van der Waals surface area contributed by atoms with Crippen molar-refractivity contribution in [2.45, 2.75) is 38.6 Å². The molecule has 5 heteroatoms. The largest absolute Gasteiger partial charge is 0.356 e. The van der Waals surface area contributed by atoms with E-state index < -0.39 is 0 Å². The summed E-state index contributed by atoms with van der Waals surface area (Å²) in [6.07, 6.45) is 4.07. The summed E-state index contributed by atoms with van der Waals surface area (Å²) in [5.41, 5.74) is 1.90. The third kappa shape index (κ3) is 4.04. The predicted molar refractivity (Wildman–Crippen MR) is 52.9 cm³/mol. The molecule has 0 spiro atoms. The van der Waals surface area contributed by atoms with Gasteiger partial charge in [0.25, 0.3) is 0 Å². The van der Waals surface area contributed by atoms with Crippen LogP contribution in [0.25, 0.3) is 0 Å². The van der Waals surface area contributed by atoms with Gasteiger partial charge in [0.1, 0.15) is 0 Å². The van der Waals surface area contributed by atoms with Crippen molar-refractivity contribution in [1.29, 1.82) is 0 Å². The maximum absolute atomic E-state index is 11.0. The summed E-state index contributed by atoms with van der Waals surface area (Å²) >= 11 is 0. The first kappa shape index (κ1) is 11.4. The Labute approximate surface area is 84.5 Å². The Morgan fingerprint density at radius 3 is 2.79 bits per heavy atom. The first-order valence-corrected chi connectivity index (χ1v) is 5.17. The Bertz CT molecular complexity index is 183. The van der Waals surface area contributed by atoms with Crippen LogP contribution in [0.2, 0.25) is 0 Å². The number of hydrogen-bond donors (Lipinski definition) is 2. The normalized spacial score (nSPS) is 15.9. The molecule has 14 heavy (non-hydrogen) atoms. The Hall–Kier alpha value is -0.650. The Morgan fingerprint density at radius 1 is 1.57 bits per heavy atom. The van der Waals surface area contributed by atoms with E-state index in [2.05, 4.69) is 16.7 Å². The van der Waals surface area contributed by atoms with Gasteiger partial charge in [0.15, 0.2) is 0 Å². The van der Waals surface area contributed by atoms with Crippen LogP contribution in [0.1, 0.15) is 32.6 Å². The molecule has 0 aromatic heterocycles. The van der Waals surface area contributed by atoms with Crippen molar-refractivity contribution in [2.75, 3.05) is 13.1 Å². The molecule has 0 bridgehead atoms. The SMILES string of the molecule is CCCN(CCC(=O)ONN)C1CC1. The number of rotatable bonds is 7. The third-order valence-corrected chi connectivity index (χ3v) is 2.35. The summed E-state index contributed by atoms with van der Waals surface area (Å²) in [6, 6.07) is 0.702. The molecule has 3 N–H and O–H groups in total. The van der Waals surface area contributed by atoms with E-state index in [0.29, 0.717) is 12.5 Å². The highest BCUT2D eigenvalue weighted by Gasteiger charge is 2.28. The summed E-state index contributed by atoms with van der Waals surface area (Å²) in [5.74, 6) is 4.56. The van der Waals surface area contributed by atoms with Crippen LogP contribution in [0.15, 0.2) is 0 Å². The molecule has 1 aliphatic carbocycles. The van der Waals surface area contributed by atoms with E-state index in [9.17, 15) is 4.79 Å². The molecular weight excluding hydrogens is 182 g/mol. The molecule has 1 rings (SSSR count). The zero-order valence-electron chi connectivity index (χ0n) is 8.66. The van der Waals surface area contributed by atoms with Crippen molar-refractivity contribution >= 4 is 5.97 Å². The average molecular weight is 201 g/mol. The lowest BCUT2D eigenvalue weighted by Crippen LogP contribution is -2.32. The minimum atomic E-state index is -0.297. The summed E-state index contributed by atoms with van der Waals surface area (Å²) < 4.78 is 0. The van der Waals surface area contributed by atoms with Gasteiger partial charge in [0.2, 0.25) is 0 Å². The zero-order valence-corrected chi connectivity index (χ0v) is 8.66. The van der Waals surface area contributed by atoms with E-state index in [1.54, 1.807) is 0 Å². The maximum atomic E-state index is 11.0. The number of nitrogens with zero attached hydrogens (tertiary/aromatic N) is 1. The number of nitrogens with one attached hydrogen (secondary N) is 1. The van der Waals surface area contributed by atoms with Crippen molar-refractivity contribution in [3.8, 4) is 0 Å². The van der Waals surface area contributed by atoms with E-state index in [1.807, 2.05) is 5.59 Å². The molecule has 0 unspecified atom stereocenters. The average Bonchev–Trinajstić information content (AvgIpc) is 2.96. The quantitative estimate of drug-likeness (QED) is 0.454. The number of hydrazine groups is 1. The highest BCUT2D eigenvalue weighted by atomic mass is 16.7. The van der Waals surface area contributed by atoms with Crippen LogP contribution in [0.3, 0.4) is 0 Å². The molecule has 5 nitrogen and oxygen atoms in total. The van der Waals surface area contributed by atoms with Crippen LogP contribution in [0.5, 0.6) is 0 Å². The van der Waals surface area contributed by atoms with Gasteiger partial charge in [-0.3, -0.25) is 9.69 Å². The molecular formula is C9H19N3O2. The van der Waals surface area contributed by atoms with E-state index in [1.165, 1.54) is 12.8 Å². The summed E-state index contributed by atoms with van der Waals surface area (Å²) in [4.78, 5) is 17.8. The molecule has 1 saturated carbocycles. The molecule has 0 amide bonds. The van der Waals surface area contributed by atoms with Gasteiger partial charge in [-0.2, -0.15) is 0 Å². The smallest absolute Gasteiger partial charge is 0.327 e. The van der Waals surface area contributed by atoms with Crippen molar-refractivity contribution in [3.05, 3.63) is 0 Å². The van der Waals surface area contributed by atoms with Crippen LogP contribution in [0, 0.1) is 0 Å². The highest BCUT2D eigenvalue weighted by molar-refractivity contribution is 5.69. The summed E-state index contributed by atoms with van der Waals surface area (Å²) in [7, 11) is 0. The standard InChI is InChI=1S/C9H19N3O2/c1-2-6-12(8-3-4-8)7-5-9(13)14-11-10/h8,11H,2-7,10H2,1H3. The molecule has 1 aliphatic rings. The van der Waals surface area contributed by atoms with Crippen LogP contribution >= 0.6 is 0 Å². The van der Waals surface area contributed by atoms with E-state index in [-0.39, 0.29) is 5.97 Å². The van der Waals surface area contributed by atoms with Gasteiger partial charge in [0, 0.05) is 12.6 Å². The maximum Gasteiger partial charge on any atom is 0.327 e. The molecule has 82 valence electrons. The van der Waals surface area contributed by atoms with Gasteiger partial charge >= 0.3 is 5.97 Å². The summed E-state index contributed by atoms with van der Waals surface area (Å²) in [6.45, 7) is 3.99. The van der Waals surface area contributed by atoms with Crippen molar-refractivity contribution in [1.82, 2.24) is 10.5 Å². The Morgan fingerprint density at radius 2 is 2.29 bits per heavy atom. The van der Waals surface area contributed by atoms with E-state index in [0.717, 1.165) is 19.5 Å². The minimum Gasteiger partial charge on any atom is -0.356 e. The molecule has 0 aromatic carbocycles. The van der Waals surface area contributed by atoms with Crippen LogP contribution < -0.4 is 11.4 Å². The Balaban J connectivity index is 2.15. The highest BCUT2D eigenvalue weighted by Crippen LogP contribution is 2.26. The fourth-order valence-corrected chi connectivity index (χ4v) is 1.56. The number of carbonyl (C=O) groups excluding carboxylic acids is 1. The second-order valence-electron chi connectivity index (χ2n) is 3.61. The monoisotopic (exact) mass is 201 g/mol. The fraction of sp³-hybridized carbons (Fsp3) is 0.889. The lowest BCUT2D eigenvalue weighted by Gasteiger charge is -2.20. The lowest BCUT2D eigenvalue weighted by molar-refractivity contribution is -0.151. The third-order valence-electron chi connectivity index (χ3n) is 2.35.